The number of aromatic amines is 1. The lowest BCUT2D eigenvalue weighted by atomic mass is 10.2. The Labute approximate surface area is 146 Å². The first kappa shape index (κ1) is 16.5. The molecule has 0 saturated carbocycles. The van der Waals surface area contributed by atoms with Crippen LogP contribution in [0.5, 0.6) is 0 Å². The van der Waals surface area contributed by atoms with E-state index in [1.54, 1.807) is 0 Å². The zero-order valence-electron chi connectivity index (χ0n) is 12.4. The van der Waals surface area contributed by atoms with Gasteiger partial charge in [0.1, 0.15) is 0 Å². The van der Waals surface area contributed by atoms with Gasteiger partial charge in [0.15, 0.2) is 5.82 Å². The van der Waals surface area contributed by atoms with Gasteiger partial charge in [-0.1, -0.05) is 39.8 Å². The van der Waals surface area contributed by atoms with Crippen molar-refractivity contribution in [3.8, 4) is 11.4 Å². The topological polar surface area (TPSA) is 79.9 Å². The molecule has 1 amide bonds. The molecule has 1 saturated heterocycles. The standard InChI is InChI=1S/C15H17BrN4O2S/c16-11-5-3-10(4-6-11)14-18-15(20-19-14)23-9-13(21)17-8-12-2-1-7-22-12/h3-6,12H,1-2,7-9H2,(H,17,21)(H,18,19,20)/t12-/m1/s1. The zero-order chi connectivity index (χ0) is 16.1. The number of ether oxygens (including phenoxy) is 1. The molecule has 3 rings (SSSR count). The van der Waals surface area contributed by atoms with Gasteiger partial charge in [-0.15, -0.1) is 5.10 Å². The van der Waals surface area contributed by atoms with Crippen molar-refractivity contribution in [3.05, 3.63) is 28.7 Å². The summed E-state index contributed by atoms with van der Waals surface area (Å²) < 4.78 is 6.48. The number of thioether (sulfide) groups is 1. The molecule has 2 N–H and O–H groups in total. The minimum atomic E-state index is -0.0273. The van der Waals surface area contributed by atoms with Crippen molar-refractivity contribution in [1.82, 2.24) is 20.5 Å². The van der Waals surface area contributed by atoms with Crippen molar-refractivity contribution in [2.45, 2.75) is 24.1 Å². The molecule has 0 aliphatic carbocycles. The highest BCUT2D eigenvalue weighted by Crippen LogP contribution is 2.21. The lowest BCUT2D eigenvalue weighted by Crippen LogP contribution is -2.32. The fraction of sp³-hybridized carbons (Fsp3) is 0.400. The number of benzene rings is 1. The number of H-pyrrole nitrogens is 1. The summed E-state index contributed by atoms with van der Waals surface area (Å²) in [5, 5.41) is 10.5. The number of rotatable bonds is 6. The van der Waals surface area contributed by atoms with Crippen molar-refractivity contribution in [3.63, 3.8) is 0 Å². The van der Waals surface area contributed by atoms with Crippen LogP contribution in [0.25, 0.3) is 11.4 Å². The largest absolute Gasteiger partial charge is 0.376 e. The number of nitrogens with one attached hydrogen (secondary N) is 2. The van der Waals surface area contributed by atoms with Crippen LogP contribution in [-0.2, 0) is 9.53 Å². The van der Waals surface area contributed by atoms with E-state index in [9.17, 15) is 4.79 Å². The number of halogens is 1. The van der Waals surface area contributed by atoms with E-state index in [4.69, 9.17) is 4.74 Å². The van der Waals surface area contributed by atoms with E-state index in [2.05, 4.69) is 36.4 Å². The van der Waals surface area contributed by atoms with E-state index in [1.165, 1.54) is 11.8 Å². The number of nitrogens with zero attached hydrogens (tertiary/aromatic N) is 2. The maximum absolute atomic E-state index is 11.8. The van der Waals surface area contributed by atoms with Crippen LogP contribution in [0.2, 0.25) is 0 Å². The Kier molecular flexibility index (Phi) is 5.69. The highest BCUT2D eigenvalue weighted by Gasteiger charge is 2.16. The Morgan fingerprint density at radius 3 is 3.00 bits per heavy atom. The first-order valence-electron chi connectivity index (χ1n) is 7.40. The summed E-state index contributed by atoms with van der Waals surface area (Å²) in [7, 11) is 0. The first-order valence-corrected chi connectivity index (χ1v) is 9.18. The number of aromatic nitrogens is 3. The molecular weight excluding hydrogens is 380 g/mol. The van der Waals surface area contributed by atoms with Gasteiger partial charge >= 0.3 is 0 Å². The summed E-state index contributed by atoms with van der Waals surface area (Å²) in [6.45, 7) is 1.38. The molecule has 0 spiro atoms. The Bertz CT molecular complexity index is 656. The van der Waals surface area contributed by atoms with Gasteiger partial charge in [-0.2, -0.15) is 0 Å². The predicted octanol–water partition coefficient (Wildman–Crippen LogP) is 2.62. The summed E-state index contributed by atoms with van der Waals surface area (Å²) in [6.07, 6.45) is 2.26. The van der Waals surface area contributed by atoms with E-state index >= 15 is 0 Å². The number of hydrogen-bond donors (Lipinski definition) is 2. The molecule has 0 unspecified atom stereocenters. The van der Waals surface area contributed by atoms with Crippen LogP contribution in [0, 0.1) is 0 Å². The molecule has 122 valence electrons. The van der Waals surface area contributed by atoms with Gasteiger partial charge in [0, 0.05) is 23.2 Å². The molecule has 1 aromatic carbocycles. The molecule has 8 heteroatoms. The van der Waals surface area contributed by atoms with Crippen LogP contribution < -0.4 is 5.32 Å². The molecule has 1 aliphatic rings. The molecule has 2 heterocycles. The number of amides is 1. The van der Waals surface area contributed by atoms with Crippen LogP contribution in [0.15, 0.2) is 33.9 Å². The van der Waals surface area contributed by atoms with Gasteiger partial charge in [0.25, 0.3) is 0 Å². The van der Waals surface area contributed by atoms with Crippen LogP contribution in [0.4, 0.5) is 0 Å². The second-order valence-corrected chi connectivity index (χ2v) is 7.06. The Hall–Kier alpha value is -1.38. The van der Waals surface area contributed by atoms with Gasteiger partial charge < -0.3 is 10.1 Å². The van der Waals surface area contributed by atoms with Gasteiger partial charge in [-0.05, 0) is 25.0 Å². The highest BCUT2D eigenvalue weighted by atomic mass is 79.9. The second kappa shape index (κ2) is 7.94. The van der Waals surface area contributed by atoms with E-state index in [1.807, 2.05) is 24.3 Å². The molecule has 6 nitrogen and oxygen atoms in total. The Morgan fingerprint density at radius 2 is 2.26 bits per heavy atom. The minimum absolute atomic E-state index is 0.0273. The molecule has 1 aromatic heterocycles. The first-order chi connectivity index (χ1) is 11.2. The van der Waals surface area contributed by atoms with Crippen molar-refractivity contribution in [1.29, 1.82) is 0 Å². The lowest BCUT2D eigenvalue weighted by Gasteiger charge is -2.09. The van der Waals surface area contributed by atoms with Crippen LogP contribution in [0.3, 0.4) is 0 Å². The van der Waals surface area contributed by atoms with E-state index in [-0.39, 0.29) is 12.0 Å². The molecule has 2 aromatic rings. The van der Waals surface area contributed by atoms with Gasteiger partial charge in [-0.3, -0.25) is 9.89 Å². The van der Waals surface area contributed by atoms with Crippen LogP contribution in [-0.4, -0.2) is 46.1 Å². The van der Waals surface area contributed by atoms with E-state index in [0.717, 1.165) is 29.5 Å². The van der Waals surface area contributed by atoms with Crippen molar-refractivity contribution in [2.24, 2.45) is 0 Å². The minimum Gasteiger partial charge on any atom is -0.376 e. The smallest absolute Gasteiger partial charge is 0.230 e. The zero-order valence-corrected chi connectivity index (χ0v) is 14.8. The maximum atomic E-state index is 11.8. The average molecular weight is 397 g/mol. The molecular formula is C15H17BrN4O2S. The number of hydrogen-bond acceptors (Lipinski definition) is 5. The molecule has 0 bridgehead atoms. The van der Waals surface area contributed by atoms with E-state index in [0.29, 0.717) is 23.3 Å². The second-order valence-electron chi connectivity index (χ2n) is 5.20. The van der Waals surface area contributed by atoms with Crippen molar-refractivity contribution >= 4 is 33.6 Å². The van der Waals surface area contributed by atoms with Crippen LogP contribution in [0.1, 0.15) is 12.8 Å². The maximum Gasteiger partial charge on any atom is 0.230 e. The lowest BCUT2D eigenvalue weighted by molar-refractivity contribution is -0.119. The Balaban J connectivity index is 1.47. The summed E-state index contributed by atoms with van der Waals surface area (Å²) in [4.78, 5) is 16.2. The SMILES string of the molecule is O=C(CSc1n[nH]c(-c2ccc(Br)cc2)n1)NC[C@H]1CCCO1. The highest BCUT2D eigenvalue weighted by molar-refractivity contribution is 9.10. The number of carbonyl (C=O) groups is 1. The fourth-order valence-electron chi connectivity index (χ4n) is 2.26. The summed E-state index contributed by atoms with van der Waals surface area (Å²) >= 11 is 4.71. The fourth-order valence-corrected chi connectivity index (χ4v) is 3.15. The molecule has 23 heavy (non-hydrogen) atoms. The van der Waals surface area contributed by atoms with E-state index < -0.39 is 0 Å². The monoisotopic (exact) mass is 396 g/mol. The van der Waals surface area contributed by atoms with Crippen LogP contribution >= 0.6 is 27.7 Å². The van der Waals surface area contributed by atoms with Gasteiger partial charge in [0.2, 0.25) is 11.1 Å². The van der Waals surface area contributed by atoms with Crippen molar-refractivity contribution < 1.29 is 9.53 Å². The third-order valence-corrected chi connectivity index (χ3v) is 4.84. The van der Waals surface area contributed by atoms with Crippen molar-refractivity contribution in [2.75, 3.05) is 18.9 Å². The van der Waals surface area contributed by atoms with Gasteiger partial charge in [0.05, 0.1) is 11.9 Å². The third kappa shape index (κ3) is 4.79. The summed E-state index contributed by atoms with van der Waals surface area (Å²) in [6, 6.07) is 7.80. The number of carbonyl (C=O) groups excluding carboxylic acids is 1. The Morgan fingerprint density at radius 1 is 1.43 bits per heavy atom. The quantitative estimate of drug-likeness (QED) is 0.733. The normalized spacial score (nSPS) is 17.3. The molecule has 1 fully saturated rings. The van der Waals surface area contributed by atoms with Gasteiger partial charge in [-0.25, -0.2) is 4.98 Å². The predicted molar refractivity (Wildman–Crippen MR) is 92.2 cm³/mol. The molecule has 1 aliphatic heterocycles. The molecule has 1 atom stereocenters. The third-order valence-electron chi connectivity index (χ3n) is 3.47. The average Bonchev–Trinajstić information content (AvgIpc) is 3.23. The summed E-state index contributed by atoms with van der Waals surface area (Å²) in [5.41, 5.74) is 0.954. The summed E-state index contributed by atoms with van der Waals surface area (Å²) in [5.74, 6) is 0.963. The molecule has 0 radical (unpaired) electrons.